The fourth-order valence-electron chi connectivity index (χ4n) is 3.23. The molecular weight excluding hydrogens is 278 g/mol. The molecule has 0 radical (unpaired) electrons. The average Bonchev–Trinajstić information content (AvgIpc) is 2.80. The first-order valence-corrected chi connectivity index (χ1v) is 9.29. The normalized spacial score (nSPS) is 27.2. The zero-order valence-corrected chi connectivity index (χ0v) is 13.5. The van der Waals surface area contributed by atoms with E-state index >= 15 is 0 Å². The lowest BCUT2D eigenvalue weighted by Gasteiger charge is -2.37. The molecule has 0 aliphatic carbocycles. The molecule has 0 amide bonds. The van der Waals surface area contributed by atoms with Crippen LogP contribution in [0.15, 0.2) is 0 Å². The second-order valence-electron chi connectivity index (χ2n) is 6.01. The predicted octanol–water partition coefficient (Wildman–Crippen LogP) is 1.63. The summed E-state index contributed by atoms with van der Waals surface area (Å²) in [4.78, 5) is 0. The Morgan fingerprint density at radius 2 is 2.00 bits per heavy atom. The van der Waals surface area contributed by atoms with Crippen LogP contribution in [0.4, 0.5) is 0 Å². The number of rotatable bonds is 6. The summed E-state index contributed by atoms with van der Waals surface area (Å²) in [6.45, 7) is 7.33. The molecule has 2 rings (SSSR count). The van der Waals surface area contributed by atoms with Crippen LogP contribution in [0.3, 0.4) is 0 Å². The fourth-order valence-corrected chi connectivity index (χ4v) is 4.74. The Kier molecular flexibility index (Phi) is 5.45. The van der Waals surface area contributed by atoms with E-state index in [4.69, 9.17) is 9.47 Å². The van der Waals surface area contributed by atoms with Crippen LogP contribution in [0.2, 0.25) is 0 Å². The molecule has 5 nitrogen and oxygen atoms in total. The zero-order valence-electron chi connectivity index (χ0n) is 12.6. The number of sulfonamides is 1. The third-order valence-corrected chi connectivity index (χ3v) is 6.51. The molecule has 6 heteroatoms. The van der Waals surface area contributed by atoms with Crippen LogP contribution in [0.1, 0.15) is 39.5 Å². The third kappa shape index (κ3) is 3.72. The highest BCUT2D eigenvalue weighted by atomic mass is 32.2. The number of hydrogen-bond donors (Lipinski definition) is 0. The second kappa shape index (κ2) is 6.73. The van der Waals surface area contributed by atoms with E-state index < -0.39 is 10.0 Å². The van der Waals surface area contributed by atoms with Crippen molar-refractivity contribution in [2.45, 2.75) is 45.6 Å². The molecule has 0 saturated carbocycles. The van der Waals surface area contributed by atoms with Gasteiger partial charge in [-0.3, -0.25) is 0 Å². The lowest BCUT2D eigenvalue weighted by molar-refractivity contribution is 0.0173. The van der Waals surface area contributed by atoms with Gasteiger partial charge in [-0.05, 0) is 38.0 Å². The molecule has 0 aromatic rings. The summed E-state index contributed by atoms with van der Waals surface area (Å²) in [6, 6.07) is 0. The highest BCUT2D eigenvalue weighted by molar-refractivity contribution is 7.89. The van der Waals surface area contributed by atoms with Crippen LogP contribution in [0, 0.1) is 5.41 Å². The first kappa shape index (κ1) is 16.2. The second-order valence-corrected chi connectivity index (χ2v) is 8.10. The maximum atomic E-state index is 12.1. The smallest absolute Gasteiger partial charge is 0.214 e. The van der Waals surface area contributed by atoms with E-state index in [0.29, 0.717) is 26.1 Å². The molecule has 20 heavy (non-hydrogen) atoms. The van der Waals surface area contributed by atoms with Crippen molar-refractivity contribution < 1.29 is 17.9 Å². The van der Waals surface area contributed by atoms with Gasteiger partial charge in [0.25, 0.3) is 0 Å². The van der Waals surface area contributed by atoms with Crippen LogP contribution < -0.4 is 0 Å². The molecular formula is C14H27NO4S. The summed E-state index contributed by atoms with van der Waals surface area (Å²) in [6.07, 6.45) is 3.71. The van der Waals surface area contributed by atoms with Crippen molar-refractivity contribution in [3.8, 4) is 0 Å². The van der Waals surface area contributed by atoms with Gasteiger partial charge in [0.05, 0.1) is 25.1 Å². The molecule has 1 spiro atoms. The fraction of sp³-hybridized carbons (Fsp3) is 1.00. The van der Waals surface area contributed by atoms with Crippen molar-refractivity contribution in [2.24, 2.45) is 5.41 Å². The van der Waals surface area contributed by atoms with Gasteiger partial charge >= 0.3 is 0 Å². The van der Waals surface area contributed by atoms with Gasteiger partial charge in [0.15, 0.2) is 0 Å². The van der Waals surface area contributed by atoms with Crippen LogP contribution in [-0.4, -0.2) is 57.5 Å². The highest BCUT2D eigenvalue weighted by Crippen LogP contribution is 2.42. The topological polar surface area (TPSA) is 55.8 Å². The van der Waals surface area contributed by atoms with Gasteiger partial charge < -0.3 is 9.47 Å². The number of hydrogen-bond acceptors (Lipinski definition) is 4. The Morgan fingerprint density at radius 1 is 1.30 bits per heavy atom. The first-order valence-electron chi connectivity index (χ1n) is 7.68. The number of piperidine rings is 1. The van der Waals surface area contributed by atoms with Crippen molar-refractivity contribution >= 4 is 10.0 Å². The van der Waals surface area contributed by atoms with Crippen LogP contribution in [0.5, 0.6) is 0 Å². The van der Waals surface area contributed by atoms with Crippen molar-refractivity contribution in [1.82, 2.24) is 4.31 Å². The largest absolute Gasteiger partial charge is 0.379 e. The summed E-state index contributed by atoms with van der Waals surface area (Å²) in [7, 11) is -3.04. The molecule has 0 aromatic carbocycles. The molecule has 1 atom stereocenters. The van der Waals surface area contributed by atoms with E-state index in [1.807, 2.05) is 13.8 Å². The monoisotopic (exact) mass is 305 g/mol. The minimum atomic E-state index is -3.04. The Hall–Kier alpha value is -0.170. The van der Waals surface area contributed by atoms with E-state index in [2.05, 4.69) is 0 Å². The van der Waals surface area contributed by atoms with Crippen LogP contribution in [0.25, 0.3) is 0 Å². The summed E-state index contributed by atoms with van der Waals surface area (Å²) in [5.41, 5.74) is 0.181. The summed E-state index contributed by atoms with van der Waals surface area (Å²) in [5, 5.41) is 0. The summed E-state index contributed by atoms with van der Waals surface area (Å²) in [5.74, 6) is 0.267. The van der Waals surface area contributed by atoms with Gasteiger partial charge in [-0.1, -0.05) is 6.92 Å². The molecule has 0 bridgehead atoms. The molecule has 2 heterocycles. The van der Waals surface area contributed by atoms with E-state index in [0.717, 1.165) is 32.5 Å². The maximum Gasteiger partial charge on any atom is 0.214 e. The van der Waals surface area contributed by atoms with E-state index in [-0.39, 0.29) is 17.3 Å². The van der Waals surface area contributed by atoms with Gasteiger partial charge in [0.2, 0.25) is 10.0 Å². The molecule has 0 unspecified atom stereocenters. The lowest BCUT2D eigenvalue weighted by Crippen LogP contribution is -2.44. The van der Waals surface area contributed by atoms with E-state index in [9.17, 15) is 8.42 Å². The Balaban J connectivity index is 1.85. The summed E-state index contributed by atoms with van der Waals surface area (Å²) >= 11 is 0. The quantitative estimate of drug-likeness (QED) is 0.748. The number of nitrogens with zero attached hydrogens (tertiary/aromatic N) is 1. The Morgan fingerprint density at radius 3 is 2.60 bits per heavy atom. The molecule has 2 aliphatic heterocycles. The number of ether oxygens (including phenoxy) is 2. The molecule has 2 saturated heterocycles. The van der Waals surface area contributed by atoms with Crippen molar-refractivity contribution in [3.05, 3.63) is 0 Å². The van der Waals surface area contributed by atoms with Crippen molar-refractivity contribution in [1.29, 1.82) is 0 Å². The van der Waals surface area contributed by atoms with Gasteiger partial charge in [0, 0.05) is 19.7 Å². The molecule has 2 aliphatic rings. The van der Waals surface area contributed by atoms with Crippen LogP contribution in [-0.2, 0) is 19.5 Å². The minimum absolute atomic E-state index is 0.181. The van der Waals surface area contributed by atoms with Gasteiger partial charge in [0.1, 0.15) is 0 Å². The van der Waals surface area contributed by atoms with Crippen molar-refractivity contribution in [2.75, 3.05) is 38.7 Å². The van der Waals surface area contributed by atoms with Gasteiger partial charge in [-0.2, -0.15) is 0 Å². The van der Waals surface area contributed by atoms with Gasteiger partial charge in [-0.15, -0.1) is 0 Å². The minimum Gasteiger partial charge on any atom is -0.379 e. The Bertz CT molecular complexity index is 401. The highest BCUT2D eigenvalue weighted by Gasteiger charge is 2.43. The van der Waals surface area contributed by atoms with Crippen LogP contribution >= 0.6 is 0 Å². The molecule has 0 aromatic heterocycles. The molecule has 0 N–H and O–H groups in total. The standard InChI is InChI=1S/C14H27NO4S/c1-3-9-20(16,17)15-7-5-14(6-8-15)10-13(19-12-14)11-18-4-2/h13H,3-12H2,1-2H3/t13-/m1/s1. The SMILES string of the molecule is CCCS(=O)(=O)N1CCC2(CC1)CO[C@@H](COCC)C2. The Labute approximate surface area is 122 Å². The van der Waals surface area contributed by atoms with Gasteiger partial charge in [-0.25, -0.2) is 12.7 Å². The van der Waals surface area contributed by atoms with Crippen molar-refractivity contribution in [3.63, 3.8) is 0 Å². The molecule has 118 valence electrons. The molecule has 2 fully saturated rings. The predicted molar refractivity (Wildman–Crippen MR) is 78.2 cm³/mol. The zero-order chi connectivity index (χ0) is 14.6. The average molecular weight is 305 g/mol. The summed E-state index contributed by atoms with van der Waals surface area (Å²) < 4.78 is 37.1. The maximum absolute atomic E-state index is 12.1. The third-order valence-electron chi connectivity index (χ3n) is 4.43. The van der Waals surface area contributed by atoms with E-state index in [1.165, 1.54) is 0 Å². The lowest BCUT2D eigenvalue weighted by atomic mass is 9.77. The van der Waals surface area contributed by atoms with E-state index in [1.54, 1.807) is 4.31 Å². The first-order chi connectivity index (χ1) is 9.51.